The SMILES string of the molecule is CCS(=O)(=O)Nc1ccc(F)c(F)c1. The molecule has 0 fully saturated rings. The molecule has 78 valence electrons. The lowest BCUT2D eigenvalue weighted by Gasteiger charge is -2.05. The summed E-state index contributed by atoms with van der Waals surface area (Å²) in [6.45, 7) is 1.45. The second-order valence-electron chi connectivity index (χ2n) is 2.63. The Kier molecular flexibility index (Phi) is 3.05. The van der Waals surface area contributed by atoms with E-state index in [0.29, 0.717) is 0 Å². The summed E-state index contributed by atoms with van der Waals surface area (Å²) < 4.78 is 49.3. The van der Waals surface area contributed by atoms with Crippen molar-refractivity contribution in [2.45, 2.75) is 6.92 Å². The number of hydrogen-bond acceptors (Lipinski definition) is 2. The van der Waals surface area contributed by atoms with Gasteiger partial charge in [-0.25, -0.2) is 17.2 Å². The summed E-state index contributed by atoms with van der Waals surface area (Å²) in [5.74, 6) is -2.21. The van der Waals surface area contributed by atoms with Crippen LogP contribution in [0.1, 0.15) is 6.92 Å². The predicted molar refractivity (Wildman–Crippen MR) is 49.4 cm³/mol. The Morgan fingerprint density at radius 2 is 1.93 bits per heavy atom. The lowest BCUT2D eigenvalue weighted by atomic mass is 10.3. The van der Waals surface area contributed by atoms with Gasteiger partial charge in [-0.1, -0.05) is 0 Å². The molecule has 0 radical (unpaired) electrons. The molecular formula is C8H9F2NO2S. The average molecular weight is 221 g/mol. The molecule has 1 rings (SSSR count). The Bertz CT molecular complexity index is 431. The van der Waals surface area contributed by atoms with E-state index in [0.717, 1.165) is 18.2 Å². The van der Waals surface area contributed by atoms with Crippen LogP contribution in [0, 0.1) is 11.6 Å². The normalized spacial score (nSPS) is 11.4. The molecule has 6 heteroatoms. The number of nitrogens with one attached hydrogen (secondary N) is 1. The standard InChI is InChI=1S/C8H9F2NO2S/c1-2-14(12,13)11-6-3-4-7(9)8(10)5-6/h3-5,11H,2H2,1H3. The van der Waals surface area contributed by atoms with Crippen LogP contribution in [0.3, 0.4) is 0 Å². The maximum atomic E-state index is 12.6. The van der Waals surface area contributed by atoms with Crippen molar-refractivity contribution in [2.24, 2.45) is 0 Å². The monoisotopic (exact) mass is 221 g/mol. The van der Waals surface area contributed by atoms with Gasteiger partial charge in [0.05, 0.1) is 11.4 Å². The Morgan fingerprint density at radius 1 is 1.29 bits per heavy atom. The molecular weight excluding hydrogens is 212 g/mol. The molecule has 3 nitrogen and oxygen atoms in total. The first kappa shape index (κ1) is 10.9. The van der Waals surface area contributed by atoms with Crippen molar-refractivity contribution in [3.63, 3.8) is 0 Å². The zero-order valence-electron chi connectivity index (χ0n) is 7.42. The first-order valence-electron chi connectivity index (χ1n) is 3.90. The smallest absolute Gasteiger partial charge is 0.232 e. The van der Waals surface area contributed by atoms with Gasteiger partial charge in [-0.2, -0.15) is 0 Å². The van der Waals surface area contributed by atoms with Gasteiger partial charge >= 0.3 is 0 Å². The first-order valence-corrected chi connectivity index (χ1v) is 5.55. The number of anilines is 1. The summed E-state index contributed by atoms with van der Waals surface area (Å²) in [6, 6.07) is 2.82. The zero-order valence-corrected chi connectivity index (χ0v) is 8.24. The topological polar surface area (TPSA) is 46.2 Å². The minimum absolute atomic E-state index is 0.0192. The van der Waals surface area contributed by atoms with Gasteiger partial charge in [0.25, 0.3) is 0 Å². The molecule has 0 saturated heterocycles. The zero-order chi connectivity index (χ0) is 10.8. The van der Waals surface area contributed by atoms with Crippen molar-refractivity contribution >= 4 is 15.7 Å². The van der Waals surface area contributed by atoms with Crippen LogP contribution in [-0.4, -0.2) is 14.2 Å². The summed E-state index contributed by atoms with van der Waals surface area (Å²) in [6.07, 6.45) is 0. The maximum absolute atomic E-state index is 12.6. The van der Waals surface area contributed by atoms with Gasteiger partial charge in [0.2, 0.25) is 10.0 Å². The molecule has 0 amide bonds. The average Bonchev–Trinajstić information content (AvgIpc) is 2.11. The van der Waals surface area contributed by atoms with Crippen LogP contribution in [-0.2, 0) is 10.0 Å². The fourth-order valence-corrected chi connectivity index (χ4v) is 1.44. The van der Waals surface area contributed by atoms with E-state index in [9.17, 15) is 17.2 Å². The minimum atomic E-state index is -3.44. The molecule has 0 spiro atoms. The summed E-state index contributed by atoms with van der Waals surface area (Å²) in [4.78, 5) is 0. The van der Waals surface area contributed by atoms with Gasteiger partial charge in [0.1, 0.15) is 0 Å². The highest BCUT2D eigenvalue weighted by Gasteiger charge is 2.08. The van der Waals surface area contributed by atoms with Gasteiger partial charge in [-0.05, 0) is 19.1 Å². The van der Waals surface area contributed by atoms with Gasteiger partial charge < -0.3 is 0 Å². The van der Waals surface area contributed by atoms with Crippen LogP contribution < -0.4 is 4.72 Å². The largest absolute Gasteiger partial charge is 0.283 e. The van der Waals surface area contributed by atoms with Crippen molar-refractivity contribution in [1.82, 2.24) is 0 Å². The molecule has 0 saturated carbocycles. The van der Waals surface area contributed by atoms with E-state index in [1.54, 1.807) is 0 Å². The van der Waals surface area contributed by atoms with Crippen LogP contribution in [0.25, 0.3) is 0 Å². The molecule has 1 aromatic carbocycles. The van der Waals surface area contributed by atoms with E-state index in [1.807, 2.05) is 0 Å². The highest BCUT2D eigenvalue weighted by Crippen LogP contribution is 2.14. The summed E-state index contributed by atoms with van der Waals surface area (Å²) in [5.41, 5.74) is 0.0192. The Morgan fingerprint density at radius 3 is 2.43 bits per heavy atom. The summed E-state index contributed by atoms with van der Waals surface area (Å²) >= 11 is 0. The summed E-state index contributed by atoms with van der Waals surface area (Å²) in [5, 5.41) is 0. The molecule has 0 atom stereocenters. The molecule has 0 unspecified atom stereocenters. The minimum Gasteiger partial charge on any atom is -0.283 e. The molecule has 1 aromatic rings. The van der Waals surface area contributed by atoms with E-state index < -0.39 is 21.7 Å². The highest BCUT2D eigenvalue weighted by atomic mass is 32.2. The third-order valence-electron chi connectivity index (χ3n) is 1.57. The van der Waals surface area contributed by atoms with Crippen LogP contribution in [0.5, 0.6) is 0 Å². The third-order valence-corrected chi connectivity index (χ3v) is 2.88. The lowest BCUT2D eigenvalue weighted by molar-refractivity contribution is 0.509. The van der Waals surface area contributed by atoms with Crippen molar-refractivity contribution in [3.05, 3.63) is 29.8 Å². The quantitative estimate of drug-likeness (QED) is 0.844. The molecule has 0 aliphatic rings. The molecule has 1 N–H and O–H groups in total. The number of hydrogen-bond donors (Lipinski definition) is 1. The Labute approximate surface area is 80.8 Å². The van der Waals surface area contributed by atoms with Crippen molar-refractivity contribution in [1.29, 1.82) is 0 Å². The molecule has 0 aliphatic heterocycles. The van der Waals surface area contributed by atoms with Crippen LogP contribution >= 0.6 is 0 Å². The number of halogens is 2. The Hall–Kier alpha value is -1.17. The van der Waals surface area contributed by atoms with Gasteiger partial charge in [0, 0.05) is 6.07 Å². The summed E-state index contributed by atoms with van der Waals surface area (Å²) in [7, 11) is -3.44. The maximum Gasteiger partial charge on any atom is 0.232 e. The lowest BCUT2D eigenvalue weighted by Crippen LogP contribution is -2.14. The van der Waals surface area contributed by atoms with E-state index >= 15 is 0 Å². The third kappa shape index (κ3) is 2.66. The van der Waals surface area contributed by atoms with Crippen LogP contribution in [0.2, 0.25) is 0 Å². The Balaban J connectivity index is 2.94. The molecule has 0 bridgehead atoms. The molecule has 14 heavy (non-hydrogen) atoms. The fourth-order valence-electron chi connectivity index (χ4n) is 0.811. The van der Waals surface area contributed by atoms with E-state index in [1.165, 1.54) is 6.92 Å². The fraction of sp³-hybridized carbons (Fsp3) is 0.250. The second-order valence-corrected chi connectivity index (χ2v) is 4.65. The molecule has 0 aromatic heterocycles. The molecule has 0 aliphatic carbocycles. The van der Waals surface area contributed by atoms with Crippen LogP contribution in [0.15, 0.2) is 18.2 Å². The van der Waals surface area contributed by atoms with E-state index in [4.69, 9.17) is 0 Å². The van der Waals surface area contributed by atoms with Crippen molar-refractivity contribution in [2.75, 3.05) is 10.5 Å². The van der Waals surface area contributed by atoms with E-state index in [2.05, 4.69) is 4.72 Å². The van der Waals surface area contributed by atoms with Crippen molar-refractivity contribution < 1.29 is 17.2 Å². The number of benzene rings is 1. The van der Waals surface area contributed by atoms with Gasteiger partial charge in [-0.3, -0.25) is 4.72 Å². The van der Waals surface area contributed by atoms with Gasteiger partial charge in [0.15, 0.2) is 11.6 Å². The molecule has 0 heterocycles. The number of sulfonamides is 1. The predicted octanol–water partition coefficient (Wildman–Crippen LogP) is 1.73. The first-order chi connectivity index (χ1) is 6.44. The second kappa shape index (κ2) is 3.91. The van der Waals surface area contributed by atoms with Crippen molar-refractivity contribution in [3.8, 4) is 0 Å². The van der Waals surface area contributed by atoms with Crippen LogP contribution in [0.4, 0.5) is 14.5 Å². The van der Waals surface area contributed by atoms with Gasteiger partial charge in [-0.15, -0.1) is 0 Å². The number of rotatable bonds is 3. The highest BCUT2D eigenvalue weighted by molar-refractivity contribution is 7.92. The van der Waals surface area contributed by atoms with E-state index in [-0.39, 0.29) is 11.4 Å².